The van der Waals surface area contributed by atoms with Crippen molar-refractivity contribution < 1.29 is 14.3 Å². The molecule has 0 aromatic heterocycles. The van der Waals surface area contributed by atoms with Crippen molar-refractivity contribution in [3.05, 3.63) is 0 Å². The minimum atomic E-state index is -0.0529. The van der Waals surface area contributed by atoms with Crippen molar-refractivity contribution in [3.63, 3.8) is 0 Å². The molecule has 0 unspecified atom stereocenters. The molecule has 4 fully saturated rings. The highest BCUT2D eigenvalue weighted by Crippen LogP contribution is 2.61. The summed E-state index contributed by atoms with van der Waals surface area (Å²) in [5.41, 5.74) is 0.451. The van der Waals surface area contributed by atoms with Gasteiger partial charge in [-0.05, 0) is 36.0 Å². The topological polar surface area (TPSA) is 38.8 Å². The Bertz CT molecular complexity index is 376. The fraction of sp³-hybridized carbons (Fsp3) is 0.938. The predicted molar refractivity (Wildman–Crippen MR) is 76.3 cm³/mol. The molecule has 0 aromatic carbocycles. The van der Waals surface area contributed by atoms with Crippen LogP contribution in [0.2, 0.25) is 0 Å². The van der Waals surface area contributed by atoms with Crippen LogP contribution in [0.15, 0.2) is 0 Å². The molecule has 0 radical (unpaired) electrons. The van der Waals surface area contributed by atoms with Gasteiger partial charge in [0.25, 0.3) is 0 Å². The number of ether oxygens (including phenoxy) is 2. The molecule has 4 nitrogen and oxygen atoms in total. The quantitative estimate of drug-likeness (QED) is 0.741. The number of nitrogens with zero attached hydrogens (tertiary/aromatic N) is 1. The number of fused-ring (bicyclic) bond motifs is 2. The Morgan fingerprint density at radius 1 is 1.30 bits per heavy atom. The highest BCUT2D eigenvalue weighted by atomic mass is 16.5. The lowest BCUT2D eigenvalue weighted by Crippen LogP contribution is -2.57. The number of morpholine rings is 1. The van der Waals surface area contributed by atoms with E-state index in [1.807, 2.05) is 0 Å². The van der Waals surface area contributed by atoms with Gasteiger partial charge in [0.05, 0.1) is 19.8 Å². The summed E-state index contributed by atoms with van der Waals surface area (Å²) in [6.07, 6.45) is 2.52. The maximum Gasteiger partial charge on any atom is 0.320 e. The second-order valence-electron chi connectivity index (χ2n) is 7.37. The fourth-order valence-electron chi connectivity index (χ4n) is 4.41. The molecule has 4 rings (SSSR count). The van der Waals surface area contributed by atoms with E-state index < -0.39 is 0 Å². The number of carbonyl (C=O) groups is 1. The lowest BCUT2D eigenvalue weighted by molar-refractivity contribution is -0.187. The normalized spacial score (nSPS) is 40.0. The van der Waals surface area contributed by atoms with Gasteiger partial charge in [-0.15, -0.1) is 0 Å². The van der Waals surface area contributed by atoms with Crippen LogP contribution in [-0.4, -0.2) is 49.8 Å². The van der Waals surface area contributed by atoms with Gasteiger partial charge in [0.2, 0.25) is 0 Å². The van der Waals surface area contributed by atoms with E-state index in [-0.39, 0.29) is 12.1 Å². The summed E-state index contributed by atoms with van der Waals surface area (Å²) >= 11 is 0. The fourth-order valence-corrected chi connectivity index (χ4v) is 4.41. The summed E-state index contributed by atoms with van der Waals surface area (Å²) < 4.78 is 11.1. The van der Waals surface area contributed by atoms with Gasteiger partial charge >= 0.3 is 5.97 Å². The van der Waals surface area contributed by atoms with Gasteiger partial charge in [0.1, 0.15) is 6.10 Å². The van der Waals surface area contributed by atoms with Crippen molar-refractivity contribution in [1.82, 2.24) is 4.90 Å². The van der Waals surface area contributed by atoms with E-state index in [0.717, 1.165) is 44.6 Å². The molecule has 1 heterocycles. The summed E-state index contributed by atoms with van der Waals surface area (Å²) in [4.78, 5) is 14.2. The first-order valence-electron chi connectivity index (χ1n) is 7.98. The van der Waals surface area contributed by atoms with Gasteiger partial charge in [0.15, 0.2) is 0 Å². The molecule has 3 aliphatic carbocycles. The summed E-state index contributed by atoms with van der Waals surface area (Å²) in [6.45, 7) is 10.6. The second kappa shape index (κ2) is 5.30. The highest BCUT2D eigenvalue weighted by molar-refractivity contribution is 5.72. The number of hydrogen-bond acceptors (Lipinski definition) is 4. The Balaban J connectivity index is 1.50. The third-order valence-corrected chi connectivity index (χ3v) is 6.02. The van der Waals surface area contributed by atoms with Crippen LogP contribution in [-0.2, 0) is 14.3 Å². The van der Waals surface area contributed by atoms with E-state index in [1.165, 1.54) is 6.42 Å². The largest absolute Gasteiger partial charge is 0.461 e. The van der Waals surface area contributed by atoms with Crippen molar-refractivity contribution in [1.29, 1.82) is 0 Å². The summed E-state index contributed by atoms with van der Waals surface area (Å²) in [5.74, 6) is 1.92. The molecule has 4 atom stereocenters. The third kappa shape index (κ3) is 2.48. The minimum absolute atomic E-state index is 0.0529. The van der Waals surface area contributed by atoms with Gasteiger partial charge in [0, 0.05) is 13.1 Å². The predicted octanol–water partition coefficient (Wildman–Crippen LogP) is 1.93. The summed E-state index contributed by atoms with van der Waals surface area (Å²) in [7, 11) is 0. The summed E-state index contributed by atoms with van der Waals surface area (Å²) in [5, 5.41) is 0. The number of hydrogen-bond donors (Lipinski definition) is 0. The van der Waals surface area contributed by atoms with Crippen LogP contribution in [0.25, 0.3) is 0 Å². The number of rotatable bonds is 3. The smallest absolute Gasteiger partial charge is 0.320 e. The zero-order valence-electron chi connectivity index (χ0n) is 12.9. The SMILES string of the molecule is C[C@@H]1[C@H]2C[C@@H](C[C@H]1OC(=O)CN1CCOCC1)C2(C)C. The molecular weight excluding hydrogens is 254 g/mol. The van der Waals surface area contributed by atoms with E-state index in [9.17, 15) is 4.79 Å². The van der Waals surface area contributed by atoms with E-state index in [0.29, 0.717) is 17.9 Å². The lowest BCUT2D eigenvalue weighted by atomic mass is 9.45. The standard InChI is InChI=1S/C16H27NO3/c1-11-13-8-12(16(13,2)3)9-14(11)20-15(18)10-17-4-6-19-7-5-17/h11-14H,4-10H2,1-3H3/t11-,12+,13-,14-/m1/s1. The van der Waals surface area contributed by atoms with Gasteiger partial charge in [-0.25, -0.2) is 0 Å². The van der Waals surface area contributed by atoms with Crippen molar-refractivity contribution >= 4 is 5.97 Å². The molecule has 0 aromatic rings. The molecule has 3 saturated carbocycles. The van der Waals surface area contributed by atoms with Crippen LogP contribution >= 0.6 is 0 Å². The highest BCUT2D eigenvalue weighted by Gasteiger charge is 2.57. The maximum absolute atomic E-state index is 12.1. The van der Waals surface area contributed by atoms with Crippen molar-refractivity contribution in [3.8, 4) is 0 Å². The number of carbonyl (C=O) groups excluding carboxylic acids is 1. The molecule has 1 aliphatic heterocycles. The molecule has 20 heavy (non-hydrogen) atoms. The van der Waals surface area contributed by atoms with Gasteiger partial charge in [-0.3, -0.25) is 9.69 Å². The van der Waals surface area contributed by atoms with E-state index in [2.05, 4.69) is 25.7 Å². The molecular formula is C16H27NO3. The first-order valence-corrected chi connectivity index (χ1v) is 7.98. The molecule has 114 valence electrons. The van der Waals surface area contributed by atoms with Gasteiger partial charge in [-0.2, -0.15) is 0 Å². The molecule has 4 aliphatic rings. The Labute approximate surface area is 121 Å². The Morgan fingerprint density at radius 2 is 2.00 bits per heavy atom. The van der Waals surface area contributed by atoms with Crippen LogP contribution in [0.1, 0.15) is 33.6 Å². The zero-order chi connectivity index (χ0) is 14.3. The average Bonchev–Trinajstić information content (AvgIpc) is 2.41. The van der Waals surface area contributed by atoms with E-state index >= 15 is 0 Å². The molecule has 1 saturated heterocycles. The molecule has 4 heteroatoms. The molecule has 0 amide bonds. The zero-order valence-corrected chi connectivity index (χ0v) is 12.9. The van der Waals surface area contributed by atoms with Gasteiger partial charge in [-0.1, -0.05) is 20.8 Å². The molecule has 0 N–H and O–H groups in total. The second-order valence-corrected chi connectivity index (χ2v) is 7.37. The van der Waals surface area contributed by atoms with E-state index in [4.69, 9.17) is 9.47 Å². The summed E-state index contributed by atoms with van der Waals surface area (Å²) in [6, 6.07) is 0. The van der Waals surface area contributed by atoms with Crippen molar-refractivity contribution in [2.45, 2.75) is 39.7 Å². The van der Waals surface area contributed by atoms with Crippen LogP contribution in [0, 0.1) is 23.2 Å². The Kier molecular flexibility index (Phi) is 3.80. The van der Waals surface area contributed by atoms with E-state index in [1.54, 1.807) is 0 Å². The Morgan fingerprint density at radius 3 is 2.60 bits per heavy atom. The number of esters is 1. The van der Waals surface area contributed by atoms with Crippen molar-refractivity contribution in [2.75, 3.05) is 32.8 Å². The van der Waals surface area contributed by atoms with Crippen LogP contribution < -0.4 is 0 Å². The van der Waals surface area contributed by atoms with Crippen molar-refractivity contribution in [2.24, 2.45) is 23.2 Å². The lowest BCUT2D eigenvalue weighted by Gasteiger charge is -2.61. The Hall–Kier alpha value is -0.610. The van der Waals surface area contributed by atoms with Gasteiger partial charge < -0.3 is 9.47 Å². The van der Waals surface area contributed by atoms with Crippen LogP contribution in [0.3, 0.4) is 0 Å². The third-order valence-electron chi connectivity index (χ3n) is 6.02. The first kappa shape index (κ1) is 14.3. The minimum Gasteiger partial charge on any atom is -0.461 e. The average molecular weight is 281 g/mol. The van der Waals surface area contributed by atoms with Crippen LogP contribution in [0.4, 0.5) is 0 Å². The maximum atomic E-state index is 12.1. The van der Waals surface area contributed by atoms with Crippen LogP contribution in [0.5, 0.6) is 0 Å². The molecule has 0 spiro atoms. The monoisotopic (exact) mass is 281 g/mol. The molecule has 2 bridgehead atoms. The first-order chi connectivity index (χ1) is 9.48.